The predicted molar refractivity (Wildman–Crippen MR) is 66.9 cm³/mol. The third-order valence-electron chi connectivity index (χ3n) is 2.85. The number of nitrogens with one attached hydrogen (secondary N) is 1. The average molecular weight is 205 g/mol. The van der Waals surface area contributed by atoms with Gasteiger partial charge in [0.1, 0.15) is 0 Å². The summed E-state index contributed by atoms with van der Waals surface area (Å²) in [5.74, 6) is 0.779. The first kappa shape index (κ1) is 12.3. The number of benzene rings is 1. The lowest BCUT2D eigenvalue weighted by Crippen LogP contribution is -2.24. The molecule has 0 aromatic heterocycles. The van der Waals surface area contributed by atoms with E-state index in [-0.39, 0.29) is 0 Å². The van der Waals surface area contributed by atoms with E-state index in [1.54, 1.807) is 0 Å². The summed E-state index contributed by atoms with van der Waals surface area (Å²) < 4.78 is 0. The zero-order valence-electron chi connectivity index (χ0n) is 10.2. The largest absolute Gasteiger partial charge is 0.310 e. The lowest BCUT2D eigenvalue weighted by molar-refractivity contribution is 0.444. The maximum Gasteiger partial charge on any atom is 0.0291 e. The number of hydrogen-bond donors (Lipinski definition) is 1. The van der Waals surface area contributed by atoms with Crippen molar-refractivity contribution >= 4 is 0 Å². The number of hydrogen-bond acceptors (Lipinski definition) is 1. The van der Waals surface area contributed by atoms with Crippen LogP contribution in [0.5, 0.6) is 0 Å². The SMILES string of the molecule is CCCC(C)CN[C@H](C)c1ccccc1. The molecule has 1 nitrogen and oxygen atoms in total. The highest BCUT2D eigenvalue weighted by Crippen LogP contribution is 2.12. The first-order valence-electron chi connectivity index (χ1n) is 6.02. The third-order valence-corrected chi connectivity index (χ3v) is 2.85. The van der Waals surface area contributed by atoms with Crippen LogP contribution in [0.3, 0.4) is 0 Å². The molecule has 1 N–H and O–H groups in total. The van der Waals surface area contributed by atoms with Gasteiger partial charge in [0.25, 0.3) is 0 Å². The van der Waals surface area contributed by atoms with Crippen LogP contribution in [0, 0.1) is 5.92 Å². The fourth-order valence-corrected chi connectivity index (χ4v) is 1.83. The first-order chi connectivity index (χ1) is 7.24. The minimum absolute atomic E-state index is 0.463. The highest BCUT2D eigenvalue weighted by Gasteiger charge is 2.06. The molecule has 1 rings (SSSR count). The Balaban J connectivity index is 2.33. The van der Waals surface area contributed by atoms with Crippen LogP contribution in [0.15, 0.2) is 30.3 Å². The lowest BCUT2D eigenvalue weighted by Gasteiger charge is -2.17. The summed E-state index contributed by atoms with van der Waals surface area (Å²) in [5, 5.41) is 3.58. The molecule has 0 aliphatic heterocycles. The van der Waals surface area contributed by atoms with E-state index >= 15 is 0 Å². The van der Waals surface area contributed by atoms with Crippen LogP contribution < -0.4 is 5.32 Å². The minimum atomic E-state index is 0.463. The Labute approximate surface area is 93.9 Å². The summed E-state index contributed by atoms with van der Waals surface area (Å²) in [6.45, 7) is 7.91. The van der Waals surface area contributed by atoms with Gasteiger partial charge in [-0.1, -0.05) is 50.6 Å². The van der Waals surface area contributed by atoms with Crippen LogP contribution in [0.2, 0.25) is 0 Å². The zero-order valence-corrected chi connectivity index (χ0v) is 10.2. The zero-order chi connectivity index (χ0) is 11.1. The van der Waals surface area contributed by atoms with E-state index in [0.29, 0.717) is 6.04 Å². The molecule has 0 amide bonds. The van der Waals surface area contributed by atoms with E-state index in [1.807, 2.05) is 0 Å². The molecule has 0 aliphatic rings. The van der Waals surface area contributed by atoms with Gasteiger partial charge in [0.05, 0.1) is 0 Å². The van der Waals surface area contributed by atoms with Crippen molar-refractivity contribution in [3.63, 3.8) is 0 Å². The molecular weight excluding hydrogens is 182 g/mol. The van der Waals surface area contributed by atoms with Crippen molar-refractivity contribution in [2.45, 2.75) is 39.7 Å². The second-order valence-corrected chi connectivity index (χ2v) is 4.43. The van der Waals surface area contributed by atoms with Gasteiger partial charge in [0.2, 0.25) is 0 Å². The standard InChI is InChI=1S/C14H23N/c1-4-8-12(2)11-15-13(3)14-9-6-5-7-10-14/h5-7,9-10,12-13,15H,4,8,11H2,1-3H3/t12?,13-/m1/s1. The van der Waals surface area contributed by atoms with Gasteiger partial charge in [0, 0.05) is 6.04 Å². The van der Waals surface area contributed by atoms with Crippen LogP contribution in [-0.2, 0) is 0 Å². The van der Waals surface area contributed by atoms with Crippen LogP contribution in [0.25, 0.3) is 0 Å². The molecule has 1 aromatic rings. The van der Waals surface area contributed by atoms with Gasteiger partial charge < -0.3 is 5.32 Å². The molecule has 1 aromatic carbocycles. The third kappa shape index (κ3) is 4.48. The molecule has 0 heterocycles. The van der Waals surface area contributed by atoms with Crippen LogP contribution >= 0.6 is 0 Å². The van der Waals surface area contributed by atoms with E-state index in [2.05, 4.69) is 56.4 Å². The van der Waals surface area contributed by atoms with Crippen molar-refractivity contribution < 1.29 is 0 Å². The van der Waals surface area contributed by atoms with Gasteiger partial charge >= 0.3 is 0 Å². The van der Waals surface area contributed by atoms with Crippen LogP contribution in [0.1, 0.15) is 45.2 Å². The molecule has 0 spiro atoms. The van der Waals surface area contributed by atoms with Gasteiger partial charge in [-0.25, -0.2) is 0 Å². The van der Waals surface area contributed by atoms with Gasteiger partial charge in [0.15, 0.2) is 0 Å². The maximum atomic E-state index is 3.58. The molecule has 2 atom stereocenters. The van der Waals surface area contributed by atoms with Crippen LogP contribution in [0.4, 0.5) is 0 Å². The Morgan fingerprint density at radius 1 is 1.13 bits per heavy atom. The molecule has 0 bridgehead atoms. The van der Waals surface area contributed by atoms with Gasteiger partial charge in [-0.15, -0.1) is 0 Å². The lowest BCUT2D eigenvalue weighted by atomic mass is 10.0. The summed E-state index contributed by atoms with van der Waals surface area (Å²) in [6, 6.07) is 11.1. The van der Waals surface area contributed by atoms with Crippen molar-refractivity contribution in [2.75, 3.05) is 6.54 Å². The fraction of sp³-hybridized carbons (Fsp3) is 0.571. The molecule has 84 valence electrons. The molecule has 0 saturated carbocycles. The molecule has 0 radical (unpaired) electrons. The summed E-state index contributed by atoms with van der Waals surface area (Å²) in [7, 11) is 0. The summed E-state index contributed by atoms with van der Waals surface area (Å²) >= 11 is 0. The monoisotopic (exact) mass is 205 g/mol. The fourth-order valence-electron chi connectivity index (χ4n) is 1.83. The number of rotatable bonds is 6. The van der Waals surface area contributed by atoms with Crippen molar-refractivity contribution in [3.8, 4) is 0 Å². The Kier molecular flexibility index (Phi) is 5.41. The minimum Gasteiger partial charge on any atom is -0.310 e. The molecule has 0 aliphatic carbocycles. The van der Waals surface area contributed by atoms with Gasteiger partial charge in [-0.2, -0.15) is 0 Å². The topological polar surface area (TPSA) is 12.0 Å². The van der Waals surface area contributed by atoms with E-state index in [0.717, 1.165) is 12.5 Å². The molecule has 0 saturated heterocycles. The highest BCUT2D eigenvalue weighted by atomic mass is 14.9. The van der Waals surface area contributed by atoms with E-state index in [1.165, 1.54) is 18.4 Å². The van der Waals surface area contributed by atoms with Gasteiger partial charge in [-0.05, 0) is 31.4 Å². The highest BCUT2D eigenvalue weighted by molar-refractivity contribution is 5.17. The quantitative estimate of drug-likeness (QED) is 0.745. The van der Waals surface area contributed by atoms with E-state index in [9.17, 15) is 0 Å². The molecule has 1 heteroatoms. The predicted octanol–water partition coefficient (Wildman–Crippen LogP) is 3.77. The second-order valence-electron chi connectivity index (χ2n) is 4.43. The summed E-state index contributed by atoms with van der Waals surface area (Å²) in [6.07, 6.45) is 2.59. The van der Waals surface area contributed by atoms with Crippen LogP contribution in [-0.4, -0.2) is 6.54 Å². The molecule has 0 fully saturated rings. The average Bonchev–Trinajstić information content (AvgIpc) is 2.27. The normalized spacial score (nSPS) is 14.9. The van der Waals surface area contributed by atoms with Crippen molar-refractivity contribution in [1.29, 1.82) is 0 Å². The van der Waals surface area contributed by atoms with Crippen molar-refractivity contribution in [3.05, 3.63) is 35.9 Å². The molecule has 15 heavy (non-hydrogen) atoms. The Morgan fingerprint density at radius 2 is 1.80 bits per heavy atom. The Morgan fingerprint density at radius 3 is 2.40 bits per heavy atom. The molecule has 1 unspecified atom stereocenters. The second kappa shape index (κ2) is 6.62. The maximum absolute atomic E-state index is 3.58. The smallest absolute Gasteiger partial charge is 0.0291 e. The van der Waals surface area contributed by atoms with Crippen molar-refractivity contribution in [2.24, 2.45) is 5.92 Å². The first-order valence-corrected chi connectivity index (χ1v) is 6.02. The van der Waals surface area contributed by atoms with E-state index in [4.69, 9.17) is 0 Å². The van der Waals surface area contributed by atoms with E-state index < -0.39 is 0 Å². The summed E-state index contributed by atoms with van der Waals surface area (Å²) in [4.78, 5) is 0. The summed E-state index contributed by atoms with van der Waals surface area (Å²) in [5.41, 5.74) is 1.38. The van der Waals surface area contributed by atoms with Crippen molar-refractivity contribution in [1.82, 2.24) is 5.32 Å². The Bertz CT molecular complexity index is 255. The molecular formula is C14H23N. The Hall–Kier alpha value is -0.820. The van der Waals surface area contributed by atoms with Gasteiger partial charge in [-0.3, -0.25) is 0 Å².